The summed E-state index contributed by atoms with van der Waals surface area (Å²) < 4.78 is 65.4. The lowest BCUT2D eigenvalue weighted by Crippen LogP contribution is -2.40. The van der Waals surface area contributed by atoms with Crippen LogP contribution >= 0.6 is 23.2 Å². The first-order valence-electron chi connectivity index (χ1n) is 8.38. The van der Waals surface area contributed by atoms with Crippen molar-refractivity contribution >= 4 is 48.9 Å². The van der Waals surface area contributed by atoms with E-state index in [2.05, 4.69) is 4.72 Å². The Bertz CT molecular complexity index is 1100. The third-order valence-corrected chi connectivity index (χ3v) is 7.87. The number of anilines is 1. The number of benzene rings is 2. The highest BCUT2D eigenvalue weighted by Crippen LogP contribution is 2.31. The summed E-state index contributed by atoms with van der Waals surface area (Å²) in [6.45, 7) is 0.956. The van der Waals surface area contributed by atoms with E-state index in [4.69, 9.17) is 32.7 Å². The molecule has 29 heavy (non-hydrogen) atoms. The Kier molecular flexibility index (Phi) is 6.61. The van der Waals surface area contributed by atoms with Gasteiger partial charge in [-0.2, -0.15) is 4.31 Å². The standard InChI is InChI=1S/C17H18Cl2N2O6S2/c1-26-16-3-2-14(11-17(16)29(24,25)21-4-6-27-7-5-21)20-28(22,23)15-9-12(18)8-13(19)10-15/h2-3,8-11,20H,4-7H2,1H3. The van der Waals surface area contributed by atoms with Crippen LogP contribution in [0, 0.1) is 0 Å². The smallest absolute Gasteiger partial charge is 0.261 e. The minimum Gasteiger partial charge on any atom is -0.495 e. The van der Waals surface area contributed by atoms with Crippen molar-refractivity contribution in [1.82, 2.24) is 4.31 Å². The molecule has 1 aliphatic rings. The molecule has 0 unspecified atom stereocenters. The molecule has 158 valence electrons. The average Bonchev–Trinajstić information content (AvgIpc) is 2.67. The third kappa shape index (κ3) is 4.96. The molecule has 0 amide bonds. The zero-order chi connectivity index (χ0) is 21.2. The number of rotatable bonds is 6. The zero-order valence-electron chi connectivity index (χ0n) is 15.3. The van der Waals surface area contributed by atoms with Gasteiger partial charge in [-0.1, -0.05) is 23.2 Å². The maximum Gasteiger partial charge on any atom is 0.261 e. The van der Waals surface area contributed by atoms with Crippen molar-refractivity contribution in [3.05, 3.63) is 46.4 Å². The van der Waals surface area contributed by atoms with Gasteiger partial charge in [0.25, 0.3) is 10.0 Å². The summed E-state index contributed by atoms with van der Waals surface area (Å²) in [7, 11) is -6.62. The highest BCUT2D eigenvalue weighted by Gasteiger charge is 2.30. The normalized spacial score (nSPS) is 15.8. The summed E-state index contributed by atoms with van der Waals surface area (Å²) in [6, 6.07) is 7.89. The van der Waals surface area contributed by atoms with Gasteiger partial charge in [0.05, 0.1) is 30.9 Å². The van der Waals surface area contributed by atoms with Crippen LogP contribution in [0.2, 0.25) is 10.0 Å². The molecule has 1 fully saturated rings. The van der Waals surface area contributed by atoms with E-state index in [1.165, 1.54) is 47.8 Å². The van der Waals surface area contributed by atoms with E-state index in [-0.39, 0.29) is 57.6 Å². The van der Waals surface area contributed by atoms with Crippen molar-refractivity contribution in [2.45, 2.75) is 9.79 Å². The first-order valence-corrected chi connectivity index (χ1v) is 12.1. The summed E-state index contributed by atoms with van der Waals surface area (Å²) in [5.74, 6) is 0.102. The molecule has 1 aliphatic heterocycles. The van der Waals surface area contributed by atoms with Crippen molar-refractivity contribution in [3.8, 4) is 5.75 Å². The molecule has 12 heteroatoms. The fraction of sp³-hybridized carbons (Fsp3) is 0.294. The number of nitrogens with zero attached hydrogens (tertiary/aromatic N) is 1. The van der Waals surface area contributed by atoms with Crippen molar-refractivity contribution < 1.29 is 26.3 Å². The largest absolute Gasteiger partial charge is 0.495 e. The van der Waals surface area contributed by atoms with Gasteiger partial charge in [0.15, 0.2) is 0 Å². The number of hydrogen-bond donors (Lipinski definition) is 1. The second-order valence-electron chi connectivity index (χ2n) is 6.09. The average molecular weight is 481 g/mol. The van der Waals surface area contributed by atoms with E-state index in [9.17, 15) is 16.8 Å². The Balaban J connectivity index is 1.98. The van der Waals surface area contributed by atoms with E-state index in [0.29, 0.717) is 0 Å². The molecule has 0 spiro atoms. The van der Waals surface area contributed by atoms with Crippen LogP contribution in [0.1, 0.15) is 0 Å². The zero-order valence-corrected chi connectivity index (χ0v) is 18.4. The number of sulfonamides is 2. The maximum atomic E-state index is 13.0. The number of ether oxygens (including phenoxy) is 2. The molecule has 0 aromatic heterocycles. The van der Waals surface area contributed by atoms with Crippen LogP contribution in [-0.4, -0.2) is 54.6 Å². The minimum atomic E-state index is -4.05. The van der Waals surface area contributed by atoms with E-state index < -0.39 is 20.0 Å². The fourth-order valence-electron chi connectivity index (χ4n) is 2.77. The van der Waals surface area contributed by atoms with Crippen LogP contribution in [0.15, 0.2) is 46.2 Å². The first kappa shape index (κ1) is 22.1. The van der Waals surface area contributed by atoms with Crippen molar-refractivity contribution in [3.63, 3.8) is 0 Å². The van der Waals surface area contributed by atoms with Crippen LogP contribution < -0.4 is 9.46 Å². The molecule has 0 radical (unpaired) electrons. The Morgan fingerprint density at radius 2 is 1.62 bits per heavy atom. The van der Waals surface area contributed by atoms with Gasteiger partial charge in [0.2, 0.25) is 10.0 Å². The van der Waals surface area contributed by atoms with Crippen molar-refractivity contribution in [2.24, 2.45) is 0 Å². The van der Waals surface area contributed by atoms with Crippen molar-refractivity contribution in [1.29, 1.82) is 0 Å². The van der Waals surface area contributed by atoms with Gasteiger partial charge in [-0.15, -0.1) is 0 Å². The molecular weight excluding hydrogens is 463 g/mol. The molecule has 2 aromatic rings. The van der Waals surface area contributed by atoms with Crippen LogP contribution in [0.25, 0.3) is 0 Å². The number of morpholine rings is 1. The molecule has 0 aliphatic carbocycles. The second kappa shape index (κ2) is 8.66. The Hall–Kier alpha value is -1.56. The van der Waals surface area contributed by atoms with E-state index in [0.717, 1.165) is 0 Å². The lowest BCUT2D eigenvalue weighted by molar-refractivity contribution is 0.0729. The topological polar surface area (TPSA) is 102 Å². The quantitative estimate of drug-likeness (QED) is 0.681. The molecule has 0 saturated carbocycles. The lowest BCUT2D eigenvalue weighted by Gasteiger charge is -2.26. The number of nitrogens with one attached hydrogen (secondary N) is 1. The van der Waals surface area contributed by atoms with Gasteiger partial charge in [-0.05, 0) is 36.4 Å². The fourth-order valence-corrected chi connectivity index (χ4v) is 6.13. The summed E-state index contributed by atoms with van der Waals surface area (Å²) in [6.07, 6.45) is 0. The SMILES string of the molecule is COc1ccc(NS(=O)(=O)c2cc(Cl)cc(Cl)c2)cc1S(=O)(=O)N1CCOCC1. The van der Waals surface area contributed by atoms with E-state index in [1.54, 1.807) is 0 Å². The molecule has 2 aromatic carbocycles. The summed E-state index contributed by atoms with van der Waals surface area (Å²) in [5.41, 5.74) is 0.0498. The molecule has 8 nitrogen and oxygen atoms in total. The number of methoxy groups -OCH3 is 1. The Morgan fingerprint density at radius 1 is 1.00 bits per heavy atom. The third-order valence-electron chi connectivity index (χ3n) is 4.15. The molecule has 1 saturated heterocycles. The highest BCUT2D eigenvalue weighted by atomic mass is 35.5. The predicted octanol–water partition coefficient (Wildman–Crippen LogP) is 2.82. The van der Waals surface area contributed by atoms with Crippen LogP contribution in [0.4, 0.5) is 5.69 Å². The molecular formula is C17H18Cl2N2O6S2. The molecule has 0 atom stereocenters. The number of hydrogen-bond acceptors (Lipinski definition) is 6. The second-order valence-corrected chi connectivity index (χ2v) is 10.6. The van der Waals surface area contributed by atoms with Gasteiger partial charge in [0, 0.05) is 23.1 Å². The van der Waals surface area contributed by atoms with Gasteiger partial charge < -0.3 is 9.47 Å². The number of halogens is 2. The molecule has 0 bridgehead atoms. The van der Waals surface area contributed by atoms with Crippen LogP contribution in [0.5, 0.6) is 5.75 Å². The molecule has 1 heterocycles. The van der Waals surface area contributed by atoms with Gasteiger partial charge in [-0.3, -0.25) is 4.72 Å². The first-order chi connectivity index (χ1) is 13.6. The summed E-state index contributed by atoms with van der Waals surface area (Å²) in [5, 5.41) is 0.311. The van der Waals surface area contributed by atoms with Gasteiger partial charge >= 0.3 is 0 Å². The van der Waals surface area contributed by atoms with Crippen LogP contribution in [-0.2, 0) is 24.8 Å². The summed E-state index contributed by atoms with van der Waals surface area (Å²) >= 11 is 11.8. The van der Waals surface area contributed by atoms with Gasteiger partial charge in [0.1, 0.15) is 10.6 Å². The van der Waals surface area contributed by atoms with Crippen molar-refractivity contribution in [2.75, 3.05) is 38.1 Å². The van der Waals surface area contributed by atoms with Crippen LogP contribution in [0.3, 0.4) is 0 Å². The molecule has 1 N–H and O–H groups in total. The van der Waals surface area contributed by atoms with Gasteiger partial charge in [-0.25, -0.2) is 16.8 Å². The minimum absolute atomic E-state index is 0.0498. The Labute approximate surface area is 179 Å². The lowest BCUT2D eigenvalue weighted by atomic mass is 10.3. The van der Waals surface area contributed by atoms with E-state index in [1.807, 2.05) is 0 Å². The van der Waals surface area contributed by atoms with E-state index >= 15 is 0 Å². The Morgan fingerprint density at radius 3 is 2.21 bits per heavy atom. The highest BCUT2D eigenvalue weighted by molar-refractivity contribution is 7.92. The summed E-state index contributed by atoms with van der Waals surface area (Å²) in [4.78, 5) is -0.297. The molecule has 3 rings (SSSR count). The maximum absolute atomic E-state index is 13.0. The predicted molar refractivity (Wildman–Crippen MR) is 110 cm³/mol. The monoisotopic (exact) mass is 480 g/mol.